The van der Waals surface area contributed by atoms with Crippen molar-refractivity contribution in [1.29, 1.82) is 5.26 Å². The first-order chi connectivity index (χ1) is 13.2. The molecule has 0 radical (unpaired) electrons. The van der Waals surface area contributed by atoms with E-state index in [-0.39, 0.29) is 6.54 Å². The van der Waals surface area contributed by atoms with Crippen LogP contribution in [0.25, 0.3) is 0 Å². The Morgan fingerprint density at radius 2 is 1.44 bits per heavy atom. The van der Waals surface area contributed by atoms with Crippen molar-refractivity contribution in [3.05, 3.63) is 96.1 Å². The Morgan fingerprint density at radius 1 is 0.852 bits per heavy atom. The molecule has 0 aromatic heterocycles. The number of anilines is 2. The van der Waals surface area contributed by atoms with Gasteiger partial charge in [0.25, 0.3) is 0 Å². The van der Waals surface area contributed by atoms with Gasteiger partial charge in [0, 0.05) is 5.69 Å². The molecule has 132 valence electrons. The van der Waals surface area contributed by atoms with Gasteiger partial charge >= 0.3 is 11.8 Å². The zero-order valence-electron chi connectivity index (χ0n) is 14.5. The number of nitriles is 1. The van der Waals surface area contributed by atoms with Crippen LogP contribution in [0.5, 0.6) is 0 Å². The van der Waals surface area contributed by atoms with Gasteiger partial charge in [-0.3, -0.25) is 14.5 Å². The summed E-state index contributed by atoms with van der Waals surface area (Å²) >= 11 is 0. The molecule has 27 heavy (non-hydrogen) atoms. The van der Waals surface area contributed by atoms with Crippen molar-refractivity contribution in [2.24, 2.45) is 0 Å². The smallest absolute Gasteiger partial charge is 0.316 e. The predicted octanol–water partition coefficient (Wildman–Crippen LogP) is 3.73. The van der Waals surface area contributed by atoms with E-state index in [1.54, 1.807) is 36.4 Å². The Kier molecular flexibility index (Phi) is 5.60. The predicted molar refractivity (Wildman–Crippen MR) is 104 cm³/mol. The van der Waals surface area contributed by atoms with Crippen LogP contribution >= 0.6 is 0 Å². The number of carbonyl (C=O) groups is 2. The molecule has 0 atom stereocenters. The molecule has 3 aromatic carbocycles. The fraction of sp³-hybridized carbons (Fsp3) is 0.0455. The van der Waals surface area contributed by atoms with Crippen molar-refractivity contribution >= 4 is 23.2 Å². The third kappa shape index (κ3) is 4.39. The summed E-state index contributed by atoms with van der Waals surface area (Å²) in [5.41, 5.74) is 2.13. The second-order valence-electron chi connectivity index (χ2n) is 5.82. The zero-order valence-corrected chi connectivity index (χ0v) is 14.5. The highest BCUT2D eigenvalue weighted by molar-refractivity contribution is 6.44. The molecule has 0 heterocycles. The maximum Gasteiger partial charge on any atom is 0.316 e. The summed E-state index contributed by atoms with van der Waals surface area (Å²) in [5.74, 6) is -1.49. The molecule has 5 nitrogen and oxygen atoms in total. The molecule has 0 aliphatic rings. The number of amides is 2. The maximum absolute atomic E-state index is 12.9. The molecule has 0 saturated carbocycles. The quantitative estimate of drug-likeness (QED) is 0.725. The summed E-state index contributed by atoms with van der Waals surface area (Å²) in [6, 6.07) is 27.0. The Morgan fingerprint density at radius 3 is 2.11 bits per heavy atom. The summed E-state index contributed by atoms with van der Waals surface area (Å²) in [7, 11) is 0. The molecule has 3 aromatic rings. The van der Waals surface area contributed by atoms with Crippen LogP contribution in [0.2, 0.25) is 0 Å². The van der Waals surface area contributed by atoms with Crippen molar-refractivity contribution in [3.8, 4) is 6.07 Å². The van der Waals surface area contributed by atoms with Gasteiger partial charge in [-0.25, -0.2) is 0 Å². The largest absolute Gasteiger partial charge is 0.317 e. The number of nitrogens with one attached hydrogen (secondary N) is 1. The van der Waals surface area contributed by atoms with Crippen molar-refractivity contribution in [2.75, 3.05) is 10.2 Å². The summed E-state index contributed by atoms with van der Waals surface area (Å²) < 4.78 is 0. The van der Waals surface area contributed by atoms with E-state index >= 15 is 0 Å². The highest BCUT2D eigenvalue weighted by Crippen LogP contribution is 2.19. The lowest BCUT2D eigenvalue weighted by Crippen LogP contribution is -2.39. The van der Waals surface area contributed by atoms with E-state index in [2.05, 4.69) is 5.32 Å². The molecule has 0 bridgehead atoms. The van der Waals surface area contributed by atoms with Crippen molar-refractivity contribution < 1.29 is 9.59 Å². The van der Waals surface area contributed by atoms with Gasteiger partial charge in [0.15, 0.2) is 0 Å². The summed E-state index contributed by atoms with van der Waals surface area (Å²) in [4.78, 5) is 26.9. The zero-order chi connectivity index (χ0) is 19.1. The summed E-state index contributed by atoms with van der Waals surface area (Å²) in [5, 5.41) is 11.7. The lowest BCUT2D eigenvalue weighted by atomic mass is 10.1. The molecule has 0 spiro atoms. The number of rotatable bonds is 4. The van der Waals surface area contributed by atoms with Crippen LogP contribution in [0.15, 0.2) is 84.9 Å². The van der Waals surface area contributed by atoms with Gasteiger partial charge in [0.05, 0.1) is 17.8 Å². The SMILES string of the molecule is N#Cc1ccccc1NC(=O)C(=O)N(Cc1ccccc1)c1ccccc1. The molecule has 1 N–H and O–H groups in total. The fourth-order valence-corrected chi connectivity index (χ4v) is 2.64. The van der Waals surface area contributed by atoms with Gasteiger partial charge in [0.2, 0.25) is 0 Å². The van der Waals surface area contributed by atoms with E-state index in [0.29, 0.717) is 16.9 Å². The Hall–Kier alpha value is -3.91. The van der Waals surface area contributed by atoms with Crippen LogP contribution in [0, 0.1) is 11.3 Å². The molecule has 0 aliphatic carbocycles. The van der Waals surface area contributed by atoms with Gasteiger partial charge in [-0.2, -0.15) is 5.26 Å². The van der Waals surface area contributed by atoms with E-state index in [4.69, 9.17) is 5.26 Å². The number of nitrogens with zero attached hydrogens (tertiary/aromatic N) is 2. The van der Waals surface area contributed by atoms with E-state index in [9.17, 15) is 9.59 Å². The number of carbonyl (C=O) groups excluding carboxylic acids is 2. The Balaban J connectivity index is 1.86. The van der Waals surface area contributed by atoms with Gasteiger partial charge in [-0.05, 0) is 29.8 Å². The van der Waals surface area contributed by atoms with Crippen molar-refractivity contribution in [3.63, 3.8) is 0 Å². The van der Waals surface area contributed by atoms with Crippen LogP contribution in [-0.4, -0.2) is 11.8 Å². The van der Waals surface area contributed by atoms with E-state index in [0.717, 1.165) is 5.56 Å². The van der Waals surface area contributed by atoms with Gasteiger partial charge in [-0.1, -0.05) is 60.7 Å². The average Bonchev–Trinajstić information content (AvgIpc) is 2.73. The Bertz CT molecular complexity index is 979. The average molecular weight is 355 g/mol. The molecule has 3 rings (SSSR count). The minimum atomic E-state index is -0.794. The third-order valence-electron chi connectivity index (χ3n) is 3.99. The number of benzene rings is 3. The van der Waals surface area contributed by atoms with Crippen molar-refractivity contribution in [1.82, 2.24) is 0 Å². The minimum absolute atomic E-state index is 0.261. The lowest BCUT2D eigenvalue weighted by Gasteiger charge is -2.22. The van der Waals surface area contributed by atoms with Gasteiger partial charge < -0.3 is 5.32 Å². The normalized spacial score (nSPS) is 9.89. The highest BCUT2D eigenvalue weighted by atomic mass is 16.2. The van der Waals surface area contributed by atoms with Crippen LogP contribution in [0.3, 0.4) is 0 Å². The van der Waals surface area contributed by atoms with E-state index in [1.807, 2.05) is 54.6 Å². The van der Waals surface area contributed by atoms with Crippen LogP contribution in [0.4, 0.5) is 11.4 Å². The Labute approximate surface area is 157 Å². The number of para-hydroxylation sites is 2. The van der Waals surface area contributed by atoms with Crippen molar-refractivity contribution in [2.45, 2.75) is 6.54 Å². The number of hydrogen-bond acceptors (Lipinski definition) is 3. The molecule has 2 amide bonds. The third-order valence-corrected chi connectivity index (χ3v) is 3.99. The highest BCUT2D eigenvalue weighted by Gasteiger charge is 2.24. The maximum atomic E-state index is 12.9. The molecule has 5 heteroatoms. The first kappa shape index (κ1) is 17.9. The molecule has 0 aliphatic heterocycles. The number of hydrogen-bond donors (Lipinski definition) is 1. The summed E-state index contributed by atoms with van der Waals surface area (Å²) in [6.45, 7) is 0.261. The van der Waals surface area contributed by atoms with Crippen LogP contribution in [-0.2, 0) is 16.1 Å². The van der Waals surface area contributed by atoms with E-state index in [1.165, 1.54) is 4.90 Å². The fourth-order valence-electron chi connectivity index (χ4n) is 2.64. The minimum Gasteiger partial charge on any atom is -0.317 e. The second kappa shape index (κ2) is 8.45. The van der Waals surface area contributed by atoms with E-state index < -0.39 is 11.8 Å². The van der Waals surface area contributed by atoms with Crippen LogP contribution < -0.4 is 10.2 Å². The first-order valence-electron chi connectivity index (χ1n) is 8.40. The van der Waals surface area contributed by atoms with Crippen LogP contribution in [0.1, 0.15) is 11.1 Å². The lowest BCUT2D eigenvalue weighted by molar-refractivity contribution is -0.134. The molecular weight excluding hydrogens is 338 g/mol. The van der Waals surface area contributed by atoms with Gasteiger partial charge in [0.1, 0.15) is 6.07 Å². The second-order valence-corrected chi connectivity index (χ2v) is 5.82. The summed E-state index contributed by atoms with van der Waals surface area (Å²) in [6.07, 6.45) is 0. The van der Waals surface area contributed by atoms with Gasteiger partial charge in [-0.15, -0.1) is 0 Å². The molecule has 0 fully saturated rings. The monoisotopic (exact) mass is 355 g/mol. The first-order valence-corrected chi connectivity index (χ1v) is 8.40. The molecule has 0 saturated heterocycles. The topological polar surface area (TPSA) is 73.2 Å². The standard InChI is InChI=1S/C22H17N3O2/c23-15-18-11-7-8-14-20(18)24-21(26)22(27)25(19-12-5-2-6-13-19)16-17-9-3-1-4-10-17/h1-14H,16H2,(H,24,26). The molecule has 0 unspecified atom stereocenters. The molecular formula is C22H17N3O2.